The summed E-state index contributed by atoms with van der Waals surface area (Å²) in [4.78, 5) is 27.7. The number of amides is 1. The van der Waals surface area contributed by atoms with Gasteiger partial charge in [0.25, 0.3) is 0 Å². The van der Waals surface area contributed by atoms with Gasteiger partial charge in [-0.15, -0.1) is 0 Å². The van der Waals surface area contributed by atoms with E-state index in [-0.39, 0.29) is 18.3 Å². The summed E-state index contributed by atoms with van der Waals surface area (Å²) in [7, 11) is 0. The number of aromatic carboxylic acids is 1. The van der Waals surface area contributed by atoms with Crippen molar-refractivity contribution in [3.63, 3.8) is 0 Å². The molecule has 31 heavy (non-hydrogen) atoms. The Bertz CT molecular complexity index is 1100. The van der Waals surface area contributed by atoms with E-state index in [1.165, 1.54) is 12.1 Å². The van der Waals surface area contributed by atoms with Crippen LogP contribution in [0, 0.1) is 0 Å². The van der Waals surface area contributed by atoms with E-state index in [1.54, 1.807) is 18.2 Å². The van der Waals surface area contributed by atoms with Gasteiger partial charge in [0, 0.05) is 12.0 Å². The molecule has 0 saturated heterocycles. The lowest BCUT2D eigenvalue weighted by Crippen LogP contribution is -2.12. The topological polar surface area (TPSA) is 97.8 Å². The summed E-state index contributed by atoms with van der Waals surface area (Å²) in [6.45, 7) is 0.266. The number of anilines is 1. The third kappa shape index (κ3) is 5.19. The molecule has 0 bridgehead atoms. The number of carboxylic acids is 1. The number of pyridine rings is 1. The average molecular weight is 418 g/mol. The second-order valence-electron chi connectivity index (χ2n) is 7.23. The van der Waals surface area contributed by atoms with E-state index in [9.17, 15) is 9.59 Å². The van der Waals surface area contributed by atoms with Crippen LogP contribution in [-0.4, -0.2) is 28.8 Å². The fourth-order valence-electron chi connectivity index (χ4n) is 3.37. The minimum absolute atomic E-state index is 0.0865. The van der Waals surface area contributed by atoms with Crippen LogP contribution in [0.5, 0.6) is 11.5 Å². The summed E-state index contributed by atoms with van der Waals surface area (Å²) in [5.74, 6) is 0.964. The fraction of sp³-hybridized carbons (Fsp3) is 0.208. The highest BCUT2D eigenvalue weighted by Crippen LogP contribution is 2.32. The molecule has 7 nitrogen and oxygen atoms in total. The highest BCUT2D eigenvalue weighted by atomic mass is 16.7. The number of nitrogens with zero attached hydrogens (tertiary/aromatic N) is 1. The molecule has 1 amide bonds. The summed E-state index contributed by atoms with van der Waals surface area (Å²) in [6, 6.07) is 17.8. The number of unbranched alkanes of at least 4 members (excludes halogenated alkanes) is 1. The maximum Gasteiger partial charge on any atom is 0.335 e. The number of rotatable bonds is 8. The van der Waals surface area contributed by atoms with Gasteiger partial charge in [0.2, 0.25) is 12.7 Å². The van der Waals surface area contributed by atoms with Crippen LogP contribution in [0.2, 0.25) is 0 Å². The van der Waals surface area contributed by atoms with Crippen molar-refractivity contribution >= 4 is 17.7 Å². The number of ether oxygens (including phenoxy) is 2. The number of carbonyl (C=O) groups excluding carboxylic acids is 1. The molecule has 1 aliphatic heterocycles. The first-order valence-corrected chi connectivity index (χ1v) is 10.1. The van der Waals surface area contributed by atoms with Crippen molar-refractivity contribution in [1.29, 1.82) is 0 Å². The predicted molar refractivity (Wildman–Crippen MR) is 115 cm³/mol. The van der Waals surface area contributed by atoms with E-state index < -0.39 is 5.97 Å². The first kappa shape index (κ1) is 20.4. The number of hydrogen-bond acceptors (Lipinski definition) is 5. The number of carbonyl (C=O) groups is 2. The number of fused-ring (bicyclic) bond motifs is 1. The first-order chi connectivity index (χ1) is 15.1. The van der Waals surface area contributed by atoms with E-state index in [0.29, 0.717) is 17.9 Å². The Morgan fingerprint density at radius 3 is 2.58 bits per heavy atom. The molecule has 0 saturated carbocycles. The van der Waals surface area contributed by atoms with E-state index in [0.717, 1.165) is 41.9 Å². The Balaban J connectivity index is 1.26. The summed E-state index contributed by atoms with van der Waals surface area (Å²) in [5, 5.41) is 11.8. The number of aryl methyl sites for hydroxylation is 1. The molecule has 0 unspecified atom stereocenters. The van der Waals surface area contributed by atoms with Crippen LogP contribution in [0.15, 0.2) is 60.7 Å². The quantitative estimate of drug-likeness (QED) is 0.522. The van der Waals surface area contributed by atoms with Gasteiger partial charge >= 0.3 is 5.97 Å². The molecule has 3 aromatic rings. The van der Waals surface area contributed by atoms with Crippen LogP contribution in [-0.2, 0) is 11.2 Å². The molecule has 0 aliphatic carbocycles. The third-order valence-electron chi connectivity index (χ3n) is 5.00. The van der Waals surface area contributed by atoms with Crippen molar-refractivity contribution in [3.8, 4) is 22.8 Å². The molecule has 2 N–H and O–H groups in total. The molecule has 158 valence electrons. The highest BCUT2D eigenvalue weighted by molar-refractivity contribution is 5.90. The van der Waals surface area contributed by atoms with Gasteiger partial charge in [0.15, 0.2) is 11.5 Å². The maximum atomic E-state index is 12.3. The Labute approximate surface area is 179 Å². The summed E-state index contributed by atoms with van der Waals surface area (Å²) in [6.07, 6.45) is 2.92. The van der Waals surface area contributed by atoms with Crippen molar-refractivity contribution < 1.29 is 24.2 Å². The first-order valence-electron chi connectivity index (χ1n) is 10.1. The van der Waals surface area contributed by atoms with Crippen LogP contribution in [0.25, 0.3) is 11.3 Å². The highest BCUT2D eigenvalue weighted by Gasteiger charge is 2.13. The van der Waals surface area contributed by atoms with Gasteiger partial charge in [-0.05, 0) is 61.2 Å². The molecule has 0 atom stereocenters. The van der Waals surface area contributed by atoms with Crippen molar-refractivity contribution in [3.05, 3.63) is 71.8 Å². The fourth-order valence-corrected chi connectivity index (χ4v) is 3.37. The second-order valence-corrected chi connectivity index (χ2v) is 7.23. The van der Waals surface area contributed by atoms with E-state index in [1.807, 2.05) is 30.3 Å². The van der Waals surface area contributed by atoms with Gasteiger partial charge in [0.1, 0.15) is 5.82 Å². The van der Waals surface area contributed by atoms with Crippen LogP contribution in [0.1, 0.15) is 35.2 Å². The minimum atomic E-state index is -0.973. The van der Waals surface area contributed by atoms with E-state index in [2.05, 4.69) is 10.3 Å². The van der Waals surface area contributed by atoms with Gasteiger partial charge in [0.05, 0.1) is 11.3 Å². The standard InChI is InChI=1S/C24H22N2O5/c27-23(7-2-1-4-16-8-13-20-21(14-16)31-15-30-20)26-22-6-3-5-19(25-22)17-9-11-18(12-10-17)24(28)29/h3,5-6,8-14H,1-2,4,7,15H2,(H,28,29)(H,25,26,27). The lowest BCUT2D eigenvalue weighted by Gasteiger charge is -2.07. The maximum absolute atomic E-state index is 12.3. The predicted octanol–water partition coefficient (Wildman–Crippen LogP) is 4.53. The summed E-state index contributed by atoms with van der Waals surface area (Å²) in [5.41, 5.74) is 2.82. The molecule has 0 spiro atoms. The third-order valence-corrected chi connectivity index (χ3v) is 5.00. The van der Waals surface area contributed by atoms with Crippen LogP contribution in [0.4, 0.5) is 5.82 Å². The zero-order chi connectivity index (χ0) is 21.6. The Kier molecular flexibility index (Phi) is 6.12. The van der Waals surface area contributed by atoms with Crippen molar-refractivity contribution in [2.45, 2.75) is 25.7 Å². The van der Waals surface area contributed by atoms with E-state index >= 15 is 0 Å². The second kappa shape index (κ2) is 9.30. The van der Waals surface area contributed by atoms with Crippen LogP contribution in [0.3, 0.4) is 0 Å². The van der Waals surface area contributed by atoms with Crippen LogP contribution >= 0.6 is 0 Å². The molecular weight excluding hydrogens is 396 g/mol. The molecule has 0 radical (unpaired) electrons. The SMILES string of the molecule is O=C(CCCCc1ccc2c(c1)OCO2)Nc1cccc(-c2ccc(C(=O)O)cc2)n1. The monoisotopic (exact) mass is 418 g/mol. The molecule has 2 aromatic carbocycles. The number of carboxylic acid groups (broad SMARTS) is 1. The van der Waals surface area contributed by atoms with Crippen molar-refractivity contribution in [2.75, 3.05) is 12.1 Å². The molecule has 7 heteroatoms. The largest absolute Gasteiger partial charge is 0.478 e. The zero-order valence-electron chi connectivity index (χ0n) is 16.8. The Morgan fingerprint density at radius 2 is 1.77 bits per heavy atom. The smallest absolute Gasteiger partial charge is 0.335 e. The van der Waals surface area contributed by atoms with Gasteiger partial charge in [-0.25, -0.2) is 9.78 Å². The molecule has 1 aliphatic rings. The lowest BCUT2D eigenvalue weighted by molar-refractivity contribution is -0.116. The zero-order valence-corrected chi connectivity index (χ0v) is 16.8. The molecular formula is C24H22N2O5. The molecule has 2 heterocycles. The number of nitrogens with one attached hydrogen (secondary N) is 1. The van der Waals surface area contributed by atoms with E-state index in [4.69, 9.17) is 14.6 Å². The van der Waals surface area contributed by atoms with Gasteiger partial charge in [-0.3, -0.25) is 4.79 Å². The van der Waals surface area contributed by atoms with Crippen LogP contribution < -0.4 is 14.8 Å². The summed E-state index contributed by atoms with van der Waals surface area (Å²) >= 11 is 0. The van der Waals surface area contributed by atoms with Crippen molar-refractivity contribution in [2.24, 2.45) is 0 Å². The van der Waals surface area contributed by atoms with Crippen molar-refractivity contribution in [1.82, 2.24) is 4.98 Å². The summed E-state index contributed by atoms with van der Waals surface area (Å²) < 4.78 is 10.7. The molecule has 1 aromatic heterocycles. The van der Waals surface area contributed by atoms with Gasteiger partial charge in [-0.2, -0.15) is 0 Å². The van der Waals surface area contributed by atoms with Gasteiger partial charge < -0.3 is 19.9 Å². The molecule has 4 rings (SSSR count). The lowest BCUT2D eigenvalue weighted by atomic mass is 10.1. The average Bonchev–Trinajstić information content (AvgIpc) is 3.25. The minimum Gasteiger partial charge on any atom is -0.478 e. The normalized spacial score (nSPS) is 11.9. The number of aromatic nitrogens is 1. The number of hydrogen-bond donors (Lipinski definition) is 2. The Hall–Kier alpha value is -3.87. The van der Waals surface area contributed by atoms with Gasteiger partial charge in [-0.1, -0.05) is 24.3 Å². The Morgan fingerprint density at radius 1 is 0.968 bits per heavy atom. The molecule has 0 fully saturated rings. The number of benzene rings is 2.